The van der Waals surface area contributed by atoms with Crippen LogP contribution in [0.2, 0.25) is 0 Å². The molecule has 0 unspecified atom stereocenters. The molecule has 0 saturated heterocycles. The Kier molecular flexibility index (Phi) is 4.28. The van der Waals surface area contributed by atoms with Gasteiger partial charge in [0.25, 0.3) is 5.69 Å². The summed E-state index contributed by atoms with van der Waals surface area (Å²) in [6.07, 6.45) is 0.756. The first-order chi connectivity index (χ1) is 13.0. The van der Waals surface area contributed by atoms with Gasteiger partial charge in [0.2, 0.25) is 0 Å². The van der Waals surface area contributed by atoms with Crippen molar-refractivity contribution >= 4 is 11.4 Å². The zero-order valence-electron chi connectivity index (χ0n) is 14.9. The van der Waals surface area contributed by atoms with Crippen LogP contribution < -0.4 is 5.32 Å². The Morgan fingerprint density at radius 2 is 1.78 bits per heavy atom. The Bertz CT molecular complexity index is 999. The van der Waals surface area contributed by atoms with Crippen molar-refractivity contribution in [2.75, 3.05) is 5.32 Å². The number of hydrogen-bond donors (Lipinski definition) is 2. The first-order valence-corrected chi connectivity index (χ1v) is 8.92. The van der Waals surface area contributed by atoms with E-state index in [1.165, 1.54) is 17.7 Å². The number of non-ortho nitro benzene ring substituents is 1. The minimum Gasteiger partial charge on any atom is -0.508 e. The van der Waals surface area contributed by atoms with E-state index in [-0.39, 0.29) is 22.6 Å². The van der Waals surface area contributed by atoms with Gasteiger partial charge in [0, 0.05) is 29.3 Å². The van der Waals surface area contributed by atoms with E-state index in [0.29, 0.717) is 5.75 Å². The van der Waals surface area contributed by atoms with Gasteiger partial charge in [0.05, 0.1) is 11.0 Å². The zero-order valence-corrected chi connectivity index (χ0v) is 14.9. The van der Waals surface area contributed by atoms with Crippen LogP contribution in [0, 0.1) is 17.0 Å². The number of nitrogens with one attached hydrogen (secondary N) is 1. The number of phenols is 1. The molecule has 4 rings (SSSR count). The van der Waals surface area contributed by atoms with Gasteiger partial charge >= 0.3 is 0 Å². The van der Waals surface area contributed by atoms with Crippen LogP contribution in [0.25, 0.3) is 0 Å². The van der Waals surface area contributed by atoms with Crippen LogP contribution in [0.3, 0.4) is 0 Å². The minimum absolute atomic E-state index is 0.00520. The molecule has 0 radical (unpaired) electrons. The second kappa shape index (κ2) is 6.76. The van der Waals surface area contributed by atoms with Crippen LogP contribution in [-0.2, 0) is 0 Å². The number of hydrogen-bond acceptors (Lipinski definition) is 4. The number of benzene rings is 3. The molecule has 136 valence electrons. The number of rotatable bonds is 3. The van der Waals surface area contributed by atoms with Crippen LogP contribution in [-0.4, -0.2) is 10.0 Å². The van der Waals surface area contributed by atoms with Gasteiger partial charge in [-0.15, -0.1) is 0 Å². The number of para-hydroxylation sites is 1. The molecule has 1 heterocycles. The van der Waals surface area contributed by atoms with Crippen molar-refractivity contribution < 1.29 is 10.0 Å². The predicted octanol–water partition coefficient (Wildman–Crippen LogP) is 5.30. The molecule has 0 fully saturated rings. The molecule has 5 nitrogen and oxygen atoms in total. The van der Waals surface area contributed by atoms with Gasteiger partial charge in [-0.25, -0.2) is 0 Å². The van der Waals surface area contributed by atoms with Crippen molar-refractivity contribution in [1.29, 1.82) is 0 Å². The van der Waals surface area contributed by atoms with Gasteiger partial charge in [0.1, 0.15) is 5.75 Å². The van der Waals surface area contributed by atoms with Crippen LogP contribution in [0.4, 0.5) is 11.4 Å². The average molecular weight is 360 g/mol. The van der Waals surface area contributed by atoms with Gasteiger partial charge in [-0.2, -0.15) is 0 Å². The van der Waals surface area contributed by atoms with E-state index in [1.54, 1.807) is 18.2 Å². The van der Waals surface area contributed by atoms with E-state index in [0.717, 1.165) is 28.8 Å². The lowest BCUT2D eigenvalue weighted by atomic mass is 9.79. The maximum Gasteiger partial charge on any atom is 0.269 e. The summed E-state index contributed by atoms with van der Waals surface area (Å²) in [5, 5.41) is 24.9. The molecule has 2 atom stereocenters. The molecule has 0 spiro atoms. The molecular formula is C22H20N2O3. The van der Waals surface area contributed by atoms with E-state index in [1.807, 2.05) is 18.2 Å². The summed E-state index contributed by atoms with van der Waals surface area (Å²) in [6.45, 7) is 2.06. The van der Waals surface area contributed by atoms with Crippen LogP contribution in [0.15, 0.2) is 66.7 Å². The summed E-state index contributed by atoms with van der Waals surface area (Å²) < 4.78 is 0. The maximum absolute atomic E-state index is 10.9. The fraction of sp³-hybridized carbons (Fsp3) is 0.182. The number of fused-ring (bicyclic) bond motifs is 1. The number of nitro groups is 1. The van der Waals surface area contributed by atoms with Crippen LogP contribution in [0.1, 0.15) is 40.6 Å². The van der Waals surface area contributed by atoms with E-state index >= 15 is 0 Å². The molecule has 1 aliphatic rings. The monoisotopic (exact) mass is 360 g/mol. The molecule has 0 saturated carbocycles. The molecule has 3 aromatic rings. The molecule has 0 bridgehead atoms. The van der Waals surface area contributed by atoms with Crippen molar-refractivity contribution in [3.8, 4) is 5.75 Å². The Morgan fingerprint density at radius 3 is 2.48 bits per heavy atom. The average Bonchev–Trinajstić information content (AvgIpc) is 2.68. The van der Waals surface area contributed by atoms with Crippen molar-refractivity contribution in [2.24, 2.45) is 0 Å². The van der Waals surface area contributed by atoms with E-state index in [4.69, 9.17) is 0 Å². The highest BCUT2D eigenvalue weighted by atomic mass is 16.6. The fourth-order valence-corrected chi connectivity index (χ4v) is 3.84. The van der Waals surface area contributed by atoms with Crippen molar-refractivity contribution in [2.45, 2.75) is 25.3 Å². The molecular weight excluding hydrogens is 340 g/mol. The van der Waals surface area contributed by atoms with E-state index in [2.05, 4.69) is 30.4 Å². The molecule has 3 aromatic carbocycles. The number of phenolic OH excluding ortho intramolecular Hbond substituents is 1. The first kappa shape index (κ1) is 17.1. The third-order valence-electron chi connectivity index (χ3n) is 5.20. The lowest BCUT2D eigenvalue weighted by Gasteiger charge is -2.34. The van der Waals surface area contributed by atoms with Gasteiger partial charge in [-0.1, -0.05) is 48.0 Å². The standard InChI is InChI=1S/C22H20N2O3/c1-14-6-11-20-19(12-14)18(17-4-2-3-5-22(17)25)13-21(23-20)15-7-9-16(10-8-15)24(26)27/h2-12,18,21,23,25H,13H2,1H3/t18-,21+/m1/s1. The van der Waals surface area contributed by atoms with Gasteiger partial charge in [0.15, 0.2) is 0 Å². The molecule has 0 amide bonds. The molecule has 2 N–H and O–H groups in total. The Morgan fingerprint density at radius 1 is 1.04 bits per heavy atom. The van der Waals surface area contributed by atoms with E-state index in [9.17, 15) is 15.2 Å². The molecule has 0 aromatic heterocycles. The number of aryl methyl sites for hydroxylation is 1. The molecule has 1 aliphatic heterocycles. The SMILES string of the molecule is Cc1ccc2c(c1)[C@@H](c1ccccc1O)C[C@@H](c1ccc([N+](=O)[O-])cc1)N2. The predicted molar refractivity (Wildman–Crippen MR) is 105 cm³/mol. The normalized spacial score (nSPS) is 18.4. The third-order valence-corrected chi connectivity index (χ3v) is 5.20. The summed E-state index contributed by atoms with van der Waals surface area (Å²) in [6, 6.07) is 20.4. The van der Waals surface area contributed by atoms with Crippen molar-refractivity contribution in [3.05, 3.63) is 99.1 Å². The topological polar surface area (TPSA) is 75.4 Å². The summed E-state index contributed by atoms with van der Waals surface area (Å²) in [5.74, 6) is 0.335. The largest absolute Gasteiger partial charge is 0.508 e. The maximum atomic E-state index is 10.9. The minimum atomic E-state index is -0.388. The molecule has 27 heavy (non-hydrogen) atoms. The highest BCUT2D eigenvalue weighted by molar-refractivity contribution is 5.61. The van der Waals surface area contributed by atoms with Gasteiger partial charge in [-0.3, -0.25) is 10.1 Å². The number of anilines is 1. The van der Waals surface area contributed by atoms with Crippen LogP contribution in [0.5, 0.6) is 5.75 Å². The lowest BCUT2D eigenvalue weighted by Crippen LogP contribution is -2.22. The Labute approximate surface area is 157 Å². The van der Waals surface area contributed by atoms with E-state index < -0.39 is 0 Å². The first-order valence-electron chi connectivity index (χ1n) is 8.92. The fourth-order valence-electron chi connectivity index (χ4n) is 3.84. The number of nitro benzene ring substituents is 1. The second-order valence-corrected chi connectivity index (χ2v) is 6.98. The van der Waals surface area contributed by atoms with Crippen molar-refractivity contribution in [1.82, 2.24) is 0 Å². The highest BCUT2D eigenvalue weighted by Crippen LogP contribution is 2.46. The third kappa shape index (κ3) is 3.24. The summed E-state index contributed by atoms with van der Waals surface area (Å²) in [4.78, 5) is 10.5. The Balaban J connectivity index is 1.76. The van der Waals surface area contributed by atoms with Crippen molar-refractivity contribution in [3.63, 3.8) is 0 Å². The zero-order chi connectivity index (χ0) is 19.0. The number of nitrogens with zero attached hydrogens (tertiary/aromatic N) is 1. The smallest absolute Gasteiger partial charge is 0.269 e. The quantitative estimate of drug-likeness (QED) is 0.491. The number of aromatic hydroxyl groups is 1. The van der Waals surface area contributed by atoms with Gasteiger partial charge in [-0.05, 0) is 36.6 Å². The summed E-state index contributed by atoms with van der Waals surface area (Å²) in [5.41, 5.74) is 5.34. The molecule has 0 aliphatic carbocycles. The highest BCUT2D eigenvalue weighted by Gasteiger charge is 2.30. The lowest BCUT2D eigenvalue weighted by molar-refractivity contribution is -0.384. The second-order valence-electron chi connectivity index (χ2n) is 6.98. The Hall–Kier alpha value is -3.34. The van der Waals surface area contributed by atoms with Gasteiger partial charge < -0.3 is 10.4 Å². The summed E-state index contributed by atoms with van der Waals surface area (Å²) in [7, 11) is 0. The van der Waals surface area contributed by atoms with Crippen LogP contribution >= 0.6 is 0 Å². The molecule has 5 heteroatoms. The summed E-state index contributed by atoms with van der Waals surface area (Å²) >= 11 is 0.